The number of carboxylic acids is 2. The maximum Gasteiger partial charge on any atom is 0.339 e. The van der Waals surface area contributed by atoms with E-state index in [2.05, 4.69) is 20.3 Å². The molecule has 8 nitrogen and oxygen atoms in total. The highest BCUT2D eigenvalue weighted by Gasteiger charge is 2.11. The van der Waals surface area contributed by atoms with Gasteiger partial charge in [-0.2, -0.15) is 0 Å². The molecule has 0 radical (unpaired) electrons. The Bertz CT molecular complexity index is 1010. The van der Waals surface area contributed by atoms with Gasteiger partial charge < -0.3 is 15.5 Å². The molecule has 0 atom stereocenters. The zero-order chi connectivity index (χ0) is 21.4. The quantitative estimate of drug-likeness (QED) is 0.537. The Balaban J connectivity index is 0.000000234. The number of aromatic nitrogens is 3. The molecule has 3 N–H and O–H groups in total. The molecule has 3 aromatic rings. The second kappa shape index (κ2) is 10.1. The molecule has 0 aromatic carbocycles. The first-order valence-corrected chi connectivity index (χ1v) is 8.86. The molecule has 9 heteroatoms. The lowest BCUT2D eigenvalue weighted by atomic mass is 10.2. The van der Waals surface area contributed by atoms with Crippen molar-refractivity contribution in [1.29, 1.82) is 0 Å². The largest absolute Gasteiger partial charge is 0.478 e. The summed E-state index contributed by atoms with van der Waals surface area (Å²) in [7, 11) is 0. The summed E-state index contributed by atoms with van der Waals surface area (Å²) in [5.41, 5.74) is 2.72. The third kappa shape index (κ3) is 6.54. The van der Waals surface area contributed by atoms with E-state index < -0.39 is 11.9 Å². The Hall–Kier alpha value is -3.52. The standard InChI is InChI=1S/C13H13N3O2.C7H6ClNO2/c1-9-2-3-11(13(17)18)12(16-9)15-8-10-4-6-14-7-5-10;1-4-2-3-5(7(10)11)6(8)9-4/h2-7H,8H2,1H3,(H,15,16)(H,17,18);2-3H,1H3,(H,10,11). The summed E-state index contributed by atoms with van der Waals surface area (Å²) >= 11 is 5.53. The third-order valence-electron chi connectivity index (χ3n) is 3.69. The number of hydrogen-bond acceptors (Lipinski definition) is 6. The molecule has 0 aliphatic carbocycles. The molecule has 0 aliphatic rings. The van der Waals surface area contributed by atoms with Gasteiger partial charge >= 0.3 is 11.9 Å². The average Bonchev–Trinajstić information content (AvgIpc) is 2.67. The van der Waals surface area contributed by atoms with Crippen LogP contribution in [0, 0.1) is 13.8 Å². The van der Waals surface area contributed by atoms with Crippen molar-refractivity contribution in [2.75, 3.05) is 5.32 Å². The van der Waals surface area contributed by atoms with Gasteiger partial charge in [0, 0.05) is 30.3 Å². The number of anilines is 1. The van der Waals surface area contributed by atoms with Crippen molar-refractivity contribution in [1.82, 2.24) is 15.0 Å². The van der Waals surface area contributed by atoms with Gasteiger partial charge in [-0.1, -0.05) is 11.6 Å². The number of rotatable bonds is 5. The number of hydrogen-bond donors (Lipinski definition) is 3. The van der Waals surface area contributed by atoms with Gasteiger partial charge in [0.1, 0.15) is 16.5 Å². The van der Waals surface area contributed by atoms with E-state index in [9.17, 15) is 9.59 Å². The Morgan fingerprint density at radius 3 is 2.00 bits per heavy atom. The molecule has 0 amide bonds. The number of nitrogens with one attached hydrogen (secondary N) is 1. The topological polar surface area (TPSA) is 125 Å². The number of pyridine rings is 3. The first kappa shape index (κ1) is 21.8. The first-order valence-electron chi connectivity index (χ1n) is 8.48. The third-order valence-corrected chi connectivity index (χ3v) is 3.98. The van der Waals surface area contributed by atoms with Crippen molar-refractivity contribution in [3.05, 3.63) is 82.0 Å². The monoisotopic (exact) mass is 414 g/mol. The Morgan fingerprint density at radius 2 is 1.45 bits per heavy atom. The predicted molar refractivity (Wildman–Crippen MR) is 108 cm³/mol. The van der Waals surface area contributed by atoms with Crippen LogP contribution in [0.1, 0.15) is 37.7 Å². The maximum absolute atomic E-state index is 11.1. The molecule has 0 spiro atoms. The number of carboxylic acid groups (broad SMARTS) is 2. The molecular weight excluding hydrogens is 396 g/mol. The molecule has 3 heterocycles. The molecule has 0 aliphatic heterocycles. The van der Waals surface area contributed by atoms with Gasteiger partial charge in [-0.05, 0) is 55.8 Å². The fourth-order valence-electron chi connectivity index (χ4n) is 2.24. The minimum atomic E-state index is -1.05. The summed E-state index contributed by atoms with van der Waals surface area (Å²) in [6.45, 7) is 4.08. The van der Waals surface area contributed by atoms with Gasteiger partial charge in [0.15, 0.2) is 0 Å². The van der Waals surface area contributed by atoms with Crippen molar-refractivity contribution < 1.29 is 19.8 Å². The Kier molecular flexibility index (Phi) is 7.62. The Labute approximate surface area is 172 Å². The van der Waals surface area contributed by atoms with Crippen LogP contribution in [0.25, 0.3) is 0 Å². The minimum Gasteiger partial charge on any atom is -0.478 e. The molecule has 0 saturated carbocycles. The summed E-state index contributed by atoms with van der Waals surface area (Å²) in [6.07, 6.45) is 3.39. The molecule has 150 valence electrons. The second-order valence-electron chi connectivity index (χ2n) is 5.96. The zero-order valence-electron chi connectivity index (χ0n) is 15.8. The Morgan fingerprint density at radius 1 is 0.897 bits per heavy atom. The van der Waals surface area contributed by atoms with E-state index in [0.717, 1.165) is 11.3 Å². The van der Waals surface area contributed by atoms with Gasteiger partial charge in [-0.15, -0.1) is 0 Å². The van der Waals surface area contributed by atoms with Crippen molar-refractivity contribution >= 4 is 29.4 Å². The lowest BCUT2D eigenvalue weighted by Gasteiger charge is -2.09. The smallest absolute Gasteiger partial charge is 0.339 e. The number of halogens is 1. The van der Waals surface area contributed by atoms with Crippen LogP contribution in [0.5, 0.6) is 0 Å². The molecule has 3 aromatic heterocycles. The molecule has 0 bridgehead atoms. The maximum atomic E-state index is 11.1. The molecule has 0 saturated heterocycles. The van der Waals surface area contributed by atoms with Crippen molar-refractivity contribution in [2.45, 2.75) is 20.4 Å². The molecule has 29 heavy (non-hydrogen) atoms. The number of aryl methyl sites for hydroxylation is 2. The van der Waals surface area contributed by atoms with Crippen LogP contribution in [-0.2, 0) is 6.54 Å². The van der Waals surface area contributed by atoms with Crippen LogP contribution < -0.4 is 5.32 Å². The fraction of sp³-hybridized carbons (Fsp3) is 0.150. The van der Waals surface area contributed by atoms with E-state index in [4.69, 9.17) is 21.8 Å². The summed E-state index contributed by atoms with van der Waals surface area (Å²) in [5, 5.41) is 20.7. The van der Waals surface area contributed by atoms with Gasteiger partial charge in [-0.3, -0.25) is 4.98 Å². The van der Waals surface area contributed by atoms with Gasteiger partial charge in [0.25, 0.3) is 0 Å². The van der Waals surface area contributed by atoms with Crippen LogP contribution in [-0.4, -0.2) is 37.1 Å². The van der Waals surface area contributed by atoms with E-state index in [1.54, 1.807) is 37.5 Å². The number of aromatic carboxylic acids is 2. The summed E-state index contributed by atoms with van der Waals surface area (Å²) in [5.74, 6) is -1.65. The van der Waals surface area contributed by atoms with Gasteiger partial charge in [-0.25, -0.2) is 19.6 Å². The van der Waals surface area contributed by atoms with E-state index in [1.807, 2.05) is 19.1 Å². The SMILES string of the molecule is Cc1ccc(C(=O)O)c(Cl)n1.Cc1ccc(C(=O)O)c(NCc2ccncc2)n1. The van der Waals surface area contributed by atoms with Crippen LogP contribution >= 0.6 is 11.6 Å². The first-order chi connectivity index (χ1) is 13.8. The summed E-state index contributed by atoms with van der Waals surface area (Å²) < 4.78 is 0. The van der Waals surface area contributed by atoms with Crippen LogP contribution in [0.15, 0.2) is 48.8 Å². The van der Waals surface area contributed by atoms with Crippen molar-refractivity contribution in [3.8, 4) is 0 Å². The second-order valence-corrected chi connectivity index (χ2v) is 6.32. The average molecular weight is 415 g/mol. The van der Waals surface area contributed by atoms with E-state index >= 15 is 0 Å². The van der Waals surface area contributed by atoms with Crippen molar-refractivity contribution in [2.24, 2.45) is 0 Å². The highest BCUT2D eigenvalue weighted by Crippen LogP contribution is 2.15. The normalized spacial score (nSPS) is 9.90. The summed E-state index contributed by atoms with van der Waals surface area (Å²) in [4.78, 5) is 33.4. The molecular formula is C20H19ClN4O4. The highest BCUT2D eigenvalue weighted by atomic mass is 35.5. The molecule has 3 rings (SSSR count). The van der Waals surface area contributed by atoms with Gasteiger partial charge in [0.05, 0.1) is 5.56 Å². The van der Waals surface area contributed by atoms with E-state index in [1.165, 1.54) is 6.07 Å². The van der Waals surface area contributed by atoms with E-state index in [-0.39, 0.29) is 16.3 Å². The van der Waals surface area contributed by atoms with Crippen LogP contribution in [0.2, 0.25) is 5.15 Å². The van der Waals surface area contributed by atoms with Crippen LogP contribution in [0.4, 0.5) is 5.82 Å². The molecule has 0 fully saturated rings. The number of nitrogens with zero attached hydrogens (tertiary/aromatic N) is 3. The van der Waals surface area contributed by atoms with Crippen LogP contribution in [0.3, 0.4) is 0 Å². The van der Waals surface area contributed by atoms with Crippen molar-refractivity contribution in [3.63, 3.8) is 0 Å². The van der Waals surface area contributed by atoms with E-state index in [0.29, 0.717) is 18.1 Å². The highest BCUT2D eigenvalue weighted by molar-refractivity contribution is 6.32. The number of carbonyl (C=O) groups is 2. The summed E-state index contributed by atoms with van der Waals surface area (Å²) in [6, 6.07) is 10.0. The fourth-order valence-corrected chi connectivity index (χ4v) is 2.51. The molecule has 0 unspecified atom stereocenters. The van der Waals surface area contributed by atoms with Gasteiger partial charge in [0.2, 0.25) is 0 Å². The lowest BCUT2D eigenvalue weighted by Crippen LogP contribution is -2.09. The minimum absolute atomic E-state index is 0.0391. The predicted octanol–water partition coefficient (Wildman–Crippen LogP) is 3.84. The zero-order valence-corrected chi connectivity index (χ0v) is 16.5. The lowest BCUT2D eigenvalue weighted by molar-refractivity contribution is 0.0686.